The molecular formula is C19H16ClN3O5. The number of esters is 1. The molecule has 1 amide bonds. The van der Waals surface area contributed by atoms with Crippen molar-refractivity contribution in [2.45, 2.75) is 0 Å². The first-order valence-electron chi connectivity index (χ1n) is 8.30. The van der Waals surface area contributed by atoms with Crippen LogP contribution in [0.25, 0.3) is 11.5 Å². The second-order valence-electron chi connectivity index (χ2n) is 5.55. The van der Waals surface area contributed by atoms with Gasteiger partial charge in [-0.3, -0.25) is 4.79 Å². The summed E-state index contributed by atoms with van der Waals surface area (Å²) in [7, 11) is 0. The number of nitrogens with zero attached hydrogens (tertiary/aromatic N) is 2. The number of benzene rings is 2. The van der Waals surface area contributed by atoms with E-state index in [0.29, 0.717) is 27.8 Å². The lowest BCUT2D eigenvalue weighted by Crippen LogP contribution is -2.32. The van der Waals surface area contributed by atoms with Crippen molar-refractivity contribution in [3.63, 3.8) is 0 Å². The van der Waals surface area contributed by atoms with Crippen molar-refractivity contribution < 1.29 is 23.5 Å². The molecule has 0 unspecified atom stereocenters. The Morgan fingerprint density at radius 1 is 1.07 bits per heavy atom. The number of carbonyl (C=O) groups is 2. The molecule has 0 aliphatic rings. The van der Waals surface area contributed by atoms with Crippen molar-refractivity contribution in [1.82, 2.24) is 15.5 Å². The predicted octanol–water partition coefficient (Wildman–Crippen LogP) is 2.74. The van der Waals surface area contributed by atoms with Gasteiger partial charge in [-0.05, 0) is 48.5 Å². The summed E-state index contributed by atoms with van der Waals surface area (Å²) in [5, 5.41) is 10.6. The van der Waals surface area contributed by atoms with Crippen molar-refractivity contribution in [2.24, 2.45) is 0 Å². The molecule has 3 aromatic rings. The van der Waals surface area contributed by atoms with E-state index in [-0.39, 0.29) is 19.8 Å². The third-order valence-electron chi connectivity index (χ3n) is 3.57. The van der Waals surface area contributed by atoms with Crippen LogP contribution in [0.2, 0.25) is 5.02 Å². The monoisotopic (exact) mass is 401 g/mol. The highest BCUT2D eigenvalue weighted by molar-refractivity contribution is 6.30. The van der Waals surface area contributed by atoms with Crippen LogP contribution in [0.5, 0.6) is 5.75 Å². The quantitative estimate of drug-likeness (QED) is 0.457. The fourth-order valence-corrected chi connectivity index (χ4v) is 2.33. The van der Waals surface area contributed by atoms with Crippen molar-refractivity contribution in [2.75, 3.05) is 19.8 Å². The summed E-state index contributed by atoms with van der Waals surface area (Å²) in [6, 6.07) is 13.3. The lowest BCUT2D eigenvalue weighted by Gasteiger charge is -2.08. The molecule has 0 radical (unpaired) electrons. The van der Waals surface area contributed by atoms with Gasteiger partial charge in [-0.1, -0.05) is 11.6 Å². The maximum atomic E-state index is 12.0. The van der Waals surface area contributed by atoms with E-state index < -0.39 is 11.9 Å². The van der Waals surface area contributed by atoms with Gasteiger partial charge in [-0.15, -0.1) is 10.2 Å². The highest BCUT2D eigenvalue weighted by atomic mass is 35.5. The molecule has 0 atom stereocenters. The van der Waals surface area contributed by atoms with Crippen LogP contribution in [0.1, 0.15) is 10.4 Å². The molecule has 8 nitrogen and oxygen atoms in total. The zero-order chi connectivity index (χ0) is 19.8. The van der Waals surface area contributed by atoms with Crippen LogP contribution in [0.15, 0.2) is 59.3 Å². The van der Waals surface area contributed by atoms with Crippen LogP contribution in [-0.2, 0) is 9.53 Å². The second kappa shape index (κ2) is 9.52. The van der Waals surface area contributed by atoms with E-state index in [1.807, 2.05) is 0 Å². The average Bonchev–Trinajstić information content (AvgIpc) is 3.26. The second-order valence-corrected chi connectivity index (χ2v) is 5.99. The molecule has 1 heterocycles. The largest absolute Gasteiger partial charge is 0.492 e. The normalized spacial score (nSPS) is 10.3. The minimum Gasteiger partial charge on any atom is -0.492 e. The van der Waals surface area contributed by atoms with Gasteiger partial charge in [0.2, 0.25) is 12.3 Å². The Labute approximate surface area is 165 Å². The van der Waals surface area contributed by atoms with E-state index >= 15 is 0 Å². The summed E-state index contributed by atoms with van der Waals surface area (Å²) in [5.74, 6) is -0.0330. The standard InChI is InChI=1S/C19H16ClN3O5/c20-15-5-7-16(8-6-15)26-10-9-21-17(24)11-27-19(25)14-3-1-13(2-4-14)18-23-22-12-28-18/h1-8,12H,9-11H2,(H,21,24). The molecule has 144 valence electrons. The molecule has 0 aliphatic carbocycles. The van der Waals surface area contributed by atoms with Gasteiger partial charge in [0.05, 0.1) is 12.1 Å². The SMILES string of the molecule is O=C(COC(=O)c1ccc(-c2nnco2)cc1)NCCOc1ccc(Cl)cc1. The molecule has 9 heteroatoms. The molecule has 0 fully saturated rings. The van der Waals surface area contributed by atoms with Gasteiger partial charge in [-0.25, -0.2) is 4.79 Å². The summed E-state index contributed by atoms with van der Waals surface area (Å²) in [4.78, 5) is 23.8. The first kappa shape index (κ1) is 19.4. The van der Waals surface area contributed by atoms with Crippen molar-refractivity contribution in [1.29, 1.82) is 0 Å². The molecular weight excluding hydrogens is 386 g/mol. The number of ether oxygens (including phenoxy) is 2. The van der Waals surface area contributed by atoms with E-state index in [1.54, 1.807) is 48.5 Å². The van der Waals surface area contributed by atoms with Crippen LogP contribution < -0.4 is 10.1 Å². The summed E-state index contributed by atoms with van der Waals surface area (Å²) in [5.41, 5.74) is 0.981. The number of carbonyl (C=O) groups excluding carboxylic acids is 2. The molecule has 0 aliphatic heterocycles. The van der Waals surface area contributed by atoms with Crippen molar-refractivity contribution >= 4 is 23.5 Å². The van der Waals surface area contributed by atoms with Gasteiger partial charge in [0.15, 0.2) is 6.61 Å². The van der Waals surface area contributed by atoms with Crippen LogP contribution in [0.3, 0.4) is 0 Å². The Kier molecular flexibility index (Phi) is 6.59. The number of halogens is 1. The lowest BCUT2D eigenvalue weighted by atomic mass is 10.1. The van der Waals surface area contributed by atoms with Gasteiger partial charge in [0.25, 0.3) is 5.91 Å². The maximum Gasteiger partial charge on any atom is 0.338 e. The lowest BCUT2D eigenvalue weighted by molar-refractivity contribution is -0.124. The Morgan fingerprint density at radius 3 is 2.50 bits per heavy atom. The number of amides is 1. The fourth-order valence-electron chi connectivity index (χ4n) is 2.20. The highest BCUT2D eigenvalue weighted by Crippen LogP contribution is 2.17. The number of hydrogen-bond donors (Lipinski definition) is 1. The summed E-state index contributed by atoms with van der Waals surface area (Å²) in [6.07, 6.45) is 1.22. The Bertz CT molecular complexity index is 912. The van der Waals surface area contributed by atoms with Crippen LogP contribution in [0, 0.1) is 0 Å². The van der Waals surface area contributed by atoms with Crippen LogP contribution >= 0.6 is 11.6 Å². The average molecular weight is 402 g/mol. The van der Waals surface area contributed by atoms with Crippen LogP contribution in [-0.4, -0.2) is 41.8 Å². The smallest absolute Gasteiger partial charge is 0.338 e. The van der Waals surface area contributed by atoms with E-state index in [9.17, 15) is 9.59 Å². The van der Waals surface area contributed by atoms with Gasteiger partial charge < -0.3 is 19.2 Å². The molecule has 1 N–H and O–H groups in total. The van der Waals surface area contributed by atoms with Gasteiger partial charge in [-0.2, -0.15) is 0 Å². The number of aromatic nitrogens is 2. The van der Waals surface area contributed by atoms with Crippen LogP contribution in [0.4, 0.5) is 0 Å². The topological polar surface area (TPSA) is 104 Å². The predicted molar refractivity (Wildman–Crippen MR) is 100.0 cm³/mol. The fraction of sp³-hybridized carbons (Fsp3) is 0.158. The van der Waals surface area contributed by atoms with Gasteiger partial charge in [0, 0.05) is 10.6 Å². The first-order valence-corrected chi connectivity index (χ1v) is 8.68. The zero-order valence-corrected chi connectivity index (χ0v) is 15.4. The molecule has 0 bridgehead atoms. The van der Waals surface area contributed by atoms with Crippen molar-refractivity contribution in [3.05, 3.63) is 65.5 Å². The minimum absolute atomic E-state index is 0.276. The summed E-state index contributed by atoms with van der Waals surface area (Å²) in [6.45, 7) is 0.168. The molecule has 0 saturated carbocycles. The highest BCUT2D eigenvalue weighted by Gasteiger charge is 2.11. The summed E-state index contributed by atoms with van der Waals surface area (Å²) >= 11 is 5.79. The molecule has 2 aromatic carbocycles. The third kappa shape index (κ3) is 5.55. The van der Waals surface area contributed by atoms with E-state index in [2.05, 4.69) is 15.5 Å². The molecule has 0 spiro atoms. The summed E-state index contributed by atoms with van der Waals surface area (Å²) < 4.78 is 15.5. The molecule has 0 saturated heterocycles. The molecule has 1 aromatic heterocycles. The number of rotatable bonds is 8. The Hall–Kier alpha value is -3.39. The number of hydrogen-bond acceptors (Lipinski definition) is 7. The van der Waals surface area contributed by atoms with Crippen molar-refractivity contribution in [3.8, 4) is 17.2 Å². The first-order chi connectivity index (χ1) is 13.6. The van der Waals surface area contributed by atoms with E-state index in [1.165, 1.54) is 6.39 Å². The molecule has 28 heavy (non-hydrogen) atoms. The Balaban J connectivity index is 1.36. The molecule has 3 rings (SSSR count). The third-order valence-corrected chi connectivity index (χ3v) is 3.82. The minimum atomic E-state index is -0.607. The zero-order valence-electron chi connectivity index (χ0n) is 14.6. The number of nitrogens with one attached hydrogen (secondary N) is 1. The van der Waals surface area contributed by atoms with E-state index in [4.69, 9.17) is 25.5 Å². The Morgan fingerprint density at radius 2 is 1.82 bits per heavy atom. The van der Waals surface area contributed by atoms with Gasteiger partial charge in [0.1, 0.15) is 12.4 Å². The van der Waals surface area contributed by atoms with E-state index in [0.717, 1.165) is 0 Å². The van der Waals surface area contributed by atoms with Gasteiger partial charge >= 0.3 is 5.97 Å². The maximum absolute atomic E-state index is 12.0.